The van der Waals surface area contributed by atoms with E-state index in [-0.39, 0.29) is 24.2 Å². The van der Waals surface area contributed by atoms with Crippen LogP contribution < -0.4 is 4.74 Å². The smallest absolute Gasteiger partial charge is 0.273 e. The van der Waals surface area contributed by atoms with Gasteiger partial charge in [0.1, 0.15) is 17.5 Å². The highest BCUT2D eigenvalue weighted by molar-refractivity contribution is 5.93. The van der Waals surface area contributed by atoms with E-state index in [1.807, 2.05) is 30.3 Å². The van der Waals surface area contributed by atoms with Crippen molar-refractivity contribution in [1.29, 1.82) is 5.26 Å². The molecule has 0 unspecified atom stereocenters. The Morgan fingerprint density at radius 1 is 1.42 bits per heavy atom. The zero-order valence-corrected chi connectivity index (χ0v) is 13.2. The van der Waals surface area contributed by atoms with E-state index in [0.29, 0.717) is 17.7 Å². The van der Waals surface area contributed by atoms with E-state index in [0.717, 1.165) is 5.56 Å². The predicted octanol–water partition coefficient (Wildman–Crippen LogP) is 1.91. The van der Waals surface area contributed by atoms with Crippen molar-refractivity contribution in [3.05, 3.63) is 59.4 Å². The first-order valence-corrected chi connectivity index (χ1v) is 7.61. The Labute approximate surface area is 139 Å². The van der Waals surface area contributed by atoms with Gasteiger partial charge in [0, 0.05) is 12.7 Å². The average molecular weight is 323 g/mol. The number of aliphatic hydroxyl groups excluding tert-OH is 1. The second-order valence-electron chi connectivity index (χ2n) is 5.68. The minimum Gasteiger partial charge on any atom is -0.497 e. The normalized spacial score (nSPS) is 19.8. The van der Waals surface area contributed by atoms with Crippen molar-refractivity contribution in [1.82, 2.24) is 9.88 Å². The number of hydrogen-bond donors (Lipinski definition) is 1. The molecular weight excluding hydrogens is 306 g/mol. The van der Waals surface area contributed by atoms with Crippen LogP contribution in [0.15, 0.2) is 42.6 Å². The van der Waals surface area contributed by atoms with Gasteiger partial charge in [0.2, 0.25) is 0 Å². The lowest BCUT2D eigenvalue weighted by Gasteiger charge is -2.24. The van der Waals surface area contributed by atoms with E-state index < -0.39 is 6.10 Å². The van der Waals surface area contributed by atoms with Crippen LogP contribution in [0.1, 0.15) is 34.1 Å². The Kier molecular flexibility index (Phi) is 4.45. The van der Waals surface area contributed by atoms with Crippen molar-refractivity contribution in [2.45, 2.75) is 18.6 Å². The first-order chi connectivity index (χ1) is 11.6. The number of methoxy groups -OCH3 is 1. The molecule has 2 atom stereocenters. The summed E-state index contributed by atoms with van der Waals surface area (Å²) in [7, 11) is 1.59. The standard InChI is InChI=1S/C18H17N3O3/c1-24-15-4-2-3-13(7-15)17-8-14(22)11-21(17)18(23)16-6-5-12(9-19)10-20-16/h2-7,10,14,17,22H,8,11H2,1H3/t14-,17-/m1/s1. The highest BCUT2D eigenvalue weighted by Crippen LogP contribution is 2.34. The summed E-state index contributed by atoms with van der Waals surface area (Å²) in [5.41, 5.74) is 1.57. The summed E-state index contributed by atoms with van der Waals surface area (Å²) in [5, 5.41) is 18.9. The van der Waals surface area contributed by atoms with Gasteiger partial charge in [0.25, 0.3) is 5.91 Å². The van der Waals surface area contributed by atoms with E-state index in [4.69, 9.17) is 10.00 Å². The number of carbonyl (C=O) groups excluding carboxylic acids is 1. The molecule has 0 saturated carbocycles. The molecule has 0 aliphatic carbocycles. The first kappa shape index (κ1) is 16.0. The Morgan fingerprint density at radius 3 is 2.92 bits per heavy atom. The fraction of sp³-hybridized carbons (Fsp3) is 0.278. The molecule has 24 heavy (non-hydrogen) atoms. The molecule has 1 N–H and O–H groups in total. The molecule has 0 spiro atoms. The summed E-state index contributed by atoms with van der Waals surface area (Å²) in [6.45, 7) is 0.252. The Hall–Kier alpha value is -2.91. The number of benzene rings is 1. The van der Waals surface area contributed by atoms with Gasteiger partial charge in [-0.2, -0.15) is 5.26 Å². The maximum absolute atomic E-state index is 12.8. The van der Waals surface area contributed by atoms with E-state index in [1.165, 1.54) is 12.3 Å². The second kappa shape index (κ2) is 6.69. The van der Waals surface area contributed by atoms with E-state index in [9.17, 15) is 9.90 Å². The van der Waals surface area contributed by atoms with Crippen LogP contribution in [0.25, 0.3) is 0 Å². The quantitative estimate of drug-likeness (QED) is 0.932. The topological polar surface area (TPSA) is 86.5 Å². The van der Waals surface area contributed by atoms with Gasteiger partial charge in [-0.3, -0.25) is 4.79 Å². The maximum atomic E-state index is 12.8. The lowest BCUT2D eigenvalue weighted by Crippen LogP contribution is -2.32. The van der Waals surface area contributed by atoms with Gasteiger partial charge in [-0.25, -0.2) is 4.98 Å². The molecule has 1 aromatic heterocycles. The molecule has 122 valence electrons. The van der Waals surface area contributed by atoms with Crippen LogP contribution in [0, 0.1) is 11.3 Å². The summed E-state index contributed by atoms with van der Waals surface area (Å²) in [6.07, 6.45) is 1.26. The van der Waals surface area contributed by atoms with Crippen molar-refractivity contribution < 1.29 is 14.6 Å². The molecule has 2 heterocycles. The van der Waals surface area contributed by atoms with Gasteiger partial charge in [-0.1, -0.05) is 12.1 Å². The summed E-state index contributed by atoms with van der Waals surface area (Å²) >= 11 is 0. The zero-order chi connectivity index (χ0) is 17.1. The van der Waals surface area contributed by atoms with Gasteiger partial charge in [-0.05, 0) is 36.2 Å². The number of amides is 1. The molecule has 1 amide bonds. The molecule has 6 nitrogen and oxygen atoms in total. The van der Waals surface area contributed by atoms with Crippen LogP contribution in [0.4, 0.5) is 0 Å². The first-order valence-electron chi connectivity index (χ1n) is 7.61. The predicted molar refractivity (Wildman–Crippen MR) is 86.3 cm³/mol. The van der Waals surface area contributed by atoms with Crippen molar-refractivity contribution >= 4 is 5.91 Å². The fourth-order valence-electron chi connectivity index (χ4n) is 2.94. The Bertz CT molecular complexity index is 783. The van der Waals surface area contributed by atoms with Crippen LogP contribution in [0.2, 0.25) is 0 Å². The van der Waals surface area contributed by atoms with Gasteiger partial charge in [0.05, 0.1) is 24.8 Å². The lowest BCUT2D eigenvalue weighted by molar-refractivity contribution is 0.0709. The number of pyridine rings is 1. The minimum atomic E-state index is -0.580. The van der Waals surface area contributed by atoms with E-state index in [1.54, 1.807) is 18.1 Å². The van der Waals surface area contributed by atoms with Crippen LogP contribution in [-0.2, 0) is 0 Å². The average Bonchev–Trinajstić information content (AvgIpc) is 3.03. The summed E-state index contributed by atoms with van der Waals surface area (Å²) < 4.78 is 5.24. The number of aromatic nitrogens is 1. The molecule has 6 heteroatoms. The van der Waals surface area contributed by atoms with Crippen molar-refractivity contribution in [2.75, 3.05) is 13.7 Å². The summed E-state index contributed by atoms with van der Waals surface area (Å²) in [4.78, 5) is 18.4. The van der Waals surface area contributed by atoms with Crippen molar-refractivity contribution in [2.24, 2.45) is 0 Å². The number of nitriles is 1. The SMILES string of the molecule is COc1cccc([C@H]2C[C@@H](O)CN2C(=O)c2ccc(C#N)cn2)c1. The van der Waals surface area contributed by atoms with Crippen LogP contribution >= 0.6 is 0 Å². The van der Waals surface area contributed by atoms with Crippen LogP contribution in [0.3, 0.4) is 0 Å². The third-order valence-electron chi connectivity index (χ3n) is 4.13. The molecule has 1 saturated heterocycles. The molecule has 0 bridgehead atoms. The monoisotopic (exact) mass is 323 g/mol. The Morgan fingerprint density at radius 2 is 2.25 bits per heavy atom. The number of β-amino-alcohol motifs (C(OH)–C–C–N with tert-alkyl or cyclic N) is 1. The van der Waals surface area contributed by atoms with E-state index in [2.05, 4.69) is 4.98 Å². The molecule has 1 aliphatic rings. The second-order valence-corrected chi connectivity index (χ2v) is 5.68. The highest BCUT2D eigenvalue weighted by atomic mass is 16.5. The fourth-order valence-corrected chi connectivity index (χ4v) is 2.94. The molecule has 1 aromatic carbocycles. The number of hydrogen-bond acceptors (Lipinski definition) is 5. The molecule has 0 radical (unpaired) electrons. The molecule has 1 fully saturated rings. The van der Waals surface area contributed by atoms with Gasteiger partial charge >= 0.3 is 0 Å². The van der Waals surface area contributed by atoms with Crippen molar-refractivity contribution in [3.8, 4) is 11.8 Å². The van der Waals surface area contributed by atoms with Gasteiger partial charge < -0.3 is 14.7 Å². The largest absolute Gasteiger partial charge is 0.497 e. The molecular formula is C18H17N3O3. The number of rotatable bonds is 3. The number of carbonyl (C=O) groups is 1. The number of likely N-dealkylation sites (tertiary alicyclic amines) is 1. The maximum Gasteiger partial charge on any atom is 0.273 e. The summed E-state index contributed by atoms with van der Waals surface area (Å²) in [6, 6.07) is 12.3. The molecule has 3 rings (SSSR count). The lowest BCUT2D eigenvalue weighted by atomic mass is 10.0. The minimum absolute atomic E-state index is 0.236. The summed E-state index contributed by atoms with van der Waals surface area (Å²) in [5.74, 6) is 0.446. The van der Waals surface area contributed by atoms with Crippen LogP contribution in [0.5, 0.6) is 5.75 Å². The number of aliphatic hydroxyl groups is 1. The van der Waals surface area contributed by atoms with Gasteiger partial charge in [0.15, 0.2) is 0 Å². The van der Waals surface area contributed by atoms with Crippen LogP contribution in [-0.4, -0.2) is 40.7 Å². The van der Waals surface area contributed by atoms with E-state index >= 15 is 0 Å². The molecule has 1 aliphatic heterocycles. The van der Waals surface area contributed by atoms with Crippen molar-refractivity contribution in [3.63, 3.8) is 0 Å². The highest BCUT2D eigenvalue weighted by Gasteiger charge is 2.36. The number of ether oxygens (including phenoxy) is 1. The molecule has 2 aromatic rings. The van der Waals surface area contributed by atoms with Gasteiger partial charge in [-0.15, -0.1) is 0 Å². The third-order valence-corrected chi connectivity index (χ3v) is 4.13. The Balaban J connectivity index is 1.89. The zero-order valence-electron chi connectivity index (χ0n) is 13.2. The third kappa shape index (κ3) is 3.07. The number of nitrogens with zero attached hydrogens (tertiary/aromatic N) is 3.